The number of aromatic nitrogens is 3. The zero-order valence-corrected chi connectivity index (χ0v) is 14.1. The van der Waals surface area contributed by atoms with Crippen LogP contribution in [0, 0.1) is 11.3 Å². The van der Waals surface area contributed by atoms with Crippen molar-refractivity contribution in [2.45, 2.75) is 24.0 Å². The normalized spacial score (nSPS) is 19.2. The molecule has 0 bridgehead atoms. The number of sulfonamides is 1. The van der Waals surface area contributed by atoms with Gasteiger partial charge in [-0.1, -0.05) is 0 Å². The van der Waals surface area contributed by atoms with E-state index in [1.807, 2.05) is 6.07 Å². The van der Waals surface area contributed by atoms with Crippen LogP contribution >= 0.6 is 0 Å². The van der Waals surface area contributed by atoms with Crippen molar-refractivity contribution in [3.8, 4) is 6.07 Å². The number of imidazole rings is 1. The van der Waals surface area contributed by atoms with Crippen molar-refractivity contribution >= 4 is 32.0 Å². The van der Waals surface area contributed by atoms with Crippen LogP contribution in [0.25, 0.3) is 21.9 Å². The van der Waals surface area contributed by atoms with Crippen molar-refractivity contribution in [2.75, 3.05) is 13.1 Å². The zero-order chi connectivity index (χ0) is 17.2. The molecule has 7 nitrogen and oxygen atoms in total. The molecule has 2 fully saturated rings. The molecule has 2 aromatic heterocycles. The maximum atomic E-state index is 12.2. The lowest BCUT2D eigenvalue weighted by Gasteiger charge is -2.37. The minimum Gasteiger partial charge on any atom is -0.340 e. The second-order valence-corrected chi connectivity index (χ2v) is 8.96. The third-order valence-electron chi connectivity index (χ3n) is 5.00. The molecular formula is C17H15N5O2S. The summed E-state index contributed by atoms with van der Waals surface area (Å²) >= 11 is 0. The van der Waals surface area contributed by atoms with Gasteiger partial charge < -0.3 is 4.98 Å². The third kappa shape index (κ3) is 2.23. The van der Waals surface area contributed by atoms with Crippen LogP contribution in [0.15, 0.2) is 24.4 Å². The highest BCUT2D eigenvalue weighted by atomic mass is 32.2. The van der Waals surface area contributed by atoms with Crippen LogP contribution in [0.2, 0.25) is 0 Å². The van der Waals surface area contributed by atoms with Crippen molar-refractivity contribution in [3.63, 3.8) is 0 Å². The summed E-state index contributed by atoms with van der Waals surface area (Å²) in [7, 11) is -3.10. The van der Waals surface area contributed by atoms with Gasteiger partial charge in [0, 0.05) is 24.4 Å². The molecule has 126 valence electrons. The molecule has 0 amide bonds. The molecule has 1 aliphatic carbocycles. The van der Waals surface area contributed by atoms with E-state index in [0.29, 0.717) is 18.7 Å². The molecule has 1 saturated heterocycles. The summed E-state index contributed by atoms with van der Waals surface area (Å²) in [5.74, 6) is 0.865. The number of H-pyrrole nitrogens is 1. The number of hydrogen-bond donors (Lipinski definition) is 1. The first-order valence-electron chi connectivity index (χ1n) is 8.24. The molecule has 1 N–H and O–H groups in total. The Kier molecular flexibility index (Phi) is 2.96. The highest BCUT2D eigenvalue weighted by molar-refractivity contribution is 7.90. The fourth-order valence-electron chi connectivity index (χ4n) is 3.34. The number of benzene rings is 1. The first-order chi connectivity index (χ1) is 12.1. The van der Waals surface area contributed by atoms with Crippen LogP contribution in [-0.2, 0) is 10.0 Å². The van der Waals surface area contributed by atoms with Gasteiger partial charge in [0.2, 0.25) is 10.0 Å². The average molecular weight is 353 g/mol. The SMILES string of the molecule is N#Cc1ccc2ncc3[nH]c(C4CN(S(=O)(=O)C5CC5)C4)nc3c2c1. The number of rotatable bonds is 3. The lowest BCUT2D eigenvalue weighted by Crippen LogP contribution is -2.49. The second-order valence-electron chi connectivity index (χ2n) is 6.74. The summed E-state index contributed by atoms with van der Waals surface area (Å²) in [5, 5.41) is 9.77. The van der Waals surface area contributed by atoms with Crippen molar-refractivity contribution in [1.82, 2.24) is 19.3 Å². The van der Waals surface area contributed by atoms with Crippen molar-refractivity contribution < 1.29 is 8.42 Å². The van der Waals surface area contributed by atoms with Gasteiger partial charge in [0.05, 0.1) is 39.6 Å². The highest BCUT2D eigenvalue weighted by Crippen LogP contribution is 2.37. The van der Waals surface area contributed by atoms with Crippen LogP contribution in [0.3, 0.4) is 0 Å². The third-order valence-corrected chi connectivity index (χ3v) is 7.34. The van der Waals surface area contributed by atoms with Gasteiger partial charge in [-0.05, 0) is 31.0 Å². The van der Waals surface area contributed by atoms with Gasteiger partial charge in [0.1, 0.15) is 5.82 Å². The fourth-order valence-corrected chi connectivity index (χ4v) is 5.26. The quantitative estimate of drug-likeness (QED) is 0.774. The number of hydrogen-bond acceptors (Lipinski definition) is 5. The van der Waals surface area contributed by atoms with Crippen molar-refractivity contribution in [3.05, 3.63) is 35.8 Å². The predicted molar refractivity (Wildman–Crippen MR) is 92.4 cm³/mol. The first kappa shape index (κ1) is 14.8. The Morgan fingerprint density at radius 1 is 1.28 bits per heavy atom. The summed E-state index contributed by atoms with van der Waals surface area (Å²) in [6, 6.07) is 7.48. The molecule has 2 aliphatic rings. The number of aromatic amines is 1. The Bertz CT molecular complexity index is 1150. The van der Waals surface area contributed by atoms with E-state index in [2.05, 4.69) is 21.0 Å². The number of nitrogens with one attached hydrogen (secondary N) is 1. The second kappa shape index (κ2) is 5.00. The smallest absolute Gasteiger partial charge is 0.217 e. The molecule has 0 spiro atoms. The summed E-state index contributed by atoms with van der Waals surface area (Å²) in [6.45, 7) is 0.959. The number of nitrogens with zero attached hydrogens (tertiary/aromatic N) is 4. The van der Waals surface area contributed by atoms with E-state index in [1.54, 1.807) is 22.6 Å². The van der Waals surface area contributed by atoms with E-state index in [1.165, 1.54) is 0 Å². The van der Waals surface area contributed by atoms with E-state index >= 15 is 0 Å². The number of fused-ring (bicyclic) bond motifs is 3. The number of pyridine rings is 1. The van der Waals surface area contributed by atoms with Gasteiger partial charge in [0.25, 0.3) is 0 Å². The van der Waals surface area contributed by atoms with Crippen LogP contribution in [0.5, 0.6) is 0 Å². The van der Waals surface area contributed by atoms with Crippen LogP contribution in [-0.4, -0.2) is 46.0 Å². The van der Waals surface area contributed by atoms with Crippen molar-refractivity contribution in [1.29, 1.82) is 5.26 Å². The summed E-state index contributed by atoms with van der Waals surface area (Å²) in [6.07, 6.45) is 3.30. The topological polar surface area (TPSA) is 103 Å². The maximum Gasteiger partial charge on any atom is 0.217 e. The monoisotopic (exact) mass is 353 g/mol. The van der Waals surface area contributed by atoms with Crippen LogP contribution < -0.4 is 0 Å². The predicted octanol–water partition coefficient (Wildman–Crippen LogP) is 1.87. The molecule has 1 aliphatic heterocycles. The molecule has 25 heavy (non-hydrogen) atoms. The molecule has 1 saturated carbocycles. The Hall–Kier alpha value is -2.50. The standard InChI is InChI=1S/C17H15N5O2S/c18-6-10-1-4-14-13(5-10)16-15(7-19-14)20-17(21-16)11-8-22(9-11)25(23,24)12-2-3-12/h1,4-5,7,11-12H,2-3,8-9H2,(H,20,21). The molecule has 5 rings (SSSR count). The Morgan fingerprint density at radius 3 is 2.80 bits per heavy atom. The van der Waals surface area contributed by atoms with Crippen LogP contribution in [0.4, 0.5) is 0 Å². The van der Waals surface area contributed by atoms with E-state index in [4.69, 9.17) is 5.26 Å². The maximum absolute atomic E-state index is 12.2. The lowest BCUT2D eigenvalue weighted by molar-refractivity contribution is 0.257. The Balaban J connectivity index is 1.49. The van der Waals surface area contributed by atoms with Gasteiger partial charge in [0.15, 0.2) is 0 Å². The Labute approximate surface area is 144 Å². The van der Waals surface area contributed by atoms with E-state index in [0.717, 1.165) is 40.6 Å². The molecule has 0 atom stereocenters. The minimum absolute atomic E-state index is 0.0788. The van der Waals surface area contributed by atoms with Gasteiger partial charge in [-0.15, -0.1) is 0 Å². The van der Waals surface area contributed by atoms with E-state index < -0.39 is 10.0 Å². The molecule has 8 heteroatoms. The number of nitriles is 1. The largest absolute Gasteiger partial charge is 0.340 e. The summed E-state index contributed by atoms with van der Waals surface area (Å²) in [5.41, 5.74) is 2.94. The van der Waals surface area contributed by atoms with E-state index in [9.17, 15) is 8.42 Å². The van der Waals surface area contributed by atoms with E-state index in [-0.39, 0.29) is 11.2 Å². The summed E-state index contributed by atoms with van der Waals surface area (Å²) in [4.78, 5) is 12.4. The minimum atomic E-state index is -3.10. The van der Waals surface area contributed by atoms with Gasteiger partial charge in [-0.25, -0.2) is 17.7 Å². The molecule has 0 unspecified atom stereocenters. The molecule has 0 radical (unpaired) electrons. The van der Waals surface area contributed by atoms with Crippen LogP contribution in [0.1, 0.15) is 30.1 Å². The Morgan fingerprint density at radius 2 is 2.08 bits per heavy atom. The van der Waals surface area contributed by atoms with Crippen molar-refractivity contribution in [2.24, 2.45) is 0 Å². The van der Waals surface area contributed by atoms with Gasteiger partial charge >= 0.3 is 0 Å². The van der Waals surface area contributed by atoms with Gasteiger partial charge in [-0.3, -0.25) is 4.98 Å². The highest BCUT2D eigenvalue weighted by Gasteiger charge is 2.46. The zero-order valence-electron chi connectivity index (χ0n) is 13.3. The first-order valence-corrected chi connectivity index (χ1v) is 9.74. The van der Waals surface area contributed by atoms with Gasteiger partial charge in [-0.2, -0.15) is 5.26 Å². The molecule has 3 aromatic rings. The fraction of sp³-hybridized carbons (Fsp3) is 0.353. The summed E-state index contributed by atoms with van der Waals surface area (Å²) < 4.78 is 26.0. The average Bonchev–Trinajstić information content (AvgIpc) is 3.33. The molecule has 1 aromatic carbocycles. The molecule has 3 heterocycles. The lowest BCUT2D eigenvalue weighted by atomic mass is 10.0. The molecular weight excluding hydrogens is 338 g/mol.